The fraction of sp³-hybridized carbons (Fsp3) is 0.333. The van der Waals surface area contributed by atoms with Gasteiger partial charge in [0.25, 0.3) is 5.56 Å². The highest BCUT2D eigenvalue weighted by molar-refractivity contribution is 9.10. The van der Waals surface area contributed by atoms with Crippen molar-refractivity contribution in [2.75, 3.05) is 0 Å². The molecule has 20 heavy (non-hydrogen) atoms. The molecule has 2 aromatic rings. The van der Waals surface area contributed by atoms with Crippen molar-refractivity contribution in [2.24, 2.45) is 0 Å². The Morgan fingerprint density at radius 1 is 1.40 bits per heavy atom. The van der Waals surface area contributed by atoms with E-state index in [9.17, 15) is 18.0 Å². The van der Waals surface area contributed by atoms with E-state index in [2.05, 4.69) is 25.9 Å². The monoisotopic (exact) mass is 350 g/mol. The first-order chi connectivity index (χ1) is 9.18. The molecule has 108 valence electrons. The van der Waals surface area contributed by atoms with Gasteiger partial charge in [-0.05, 0) is 26.0 Å². The van der Waals surface area contributed by atoms with Crippen LogP contribution < -0.4 is 10.3 Å². The largest absolute Gasteiger partial charge is 0.479 e. The van der Waals surface area contributed by atoms with Crippen LogP contribution in [0.3, 0.4) is 0 Å². The maximum Gasteiger partial charge on any atom is 0.425 e. The number of aromatic amines is 1. The maximum absolute atomic E-state index is 12.6. The van der Waals surface area contributed by atoms with Crippen molar-refractivity contribution >= 4 is 27.0 Å². The Morgan fingerprint density at radius 3 is 2.65 bits per heavy atom. The Bertz CT molecular complexity index is 712. The molecule has 1 aromatic carbocycles. The minimum atomic E-state index is -4.48. The lowest BCUT2D eigenvalue weighted by molar-refractivity contribution is -0.189. The molecule has 8 heteroatoms. The number of halogens is 4. The van der Waals surface area contributed by atoms with E-state index in [0.29, 0.717) is 9.99 Å². The molecule has 0 fully saturated rings. The Labute approximate surface area is 120 Å². The van der Waals surface area contributed by atoms with Crippen molar-refractivity contribution in [2.45, 2.75) is 26.1 Å². The summed E-state index contributed by atoms with van der Waals surface area (Å²) in [4.78, 5) is 18.0. The highest BCUT2D eigenvalue weighted by atomic mass is 79.9. The molecule has 1 N–H and O–H groups in total. The molecule has 0 aliphatic heterocycles. The second kappa shape index (κ2) is 5.08. The number of alkyl halides is 3. The van der Waals surface area contributed by atoms with Crippen molar-refractivity contribution in [1.29, 1.82) is 0 Å². The van der Waals surface area contributed by atoms with Crippen LogP contribution in [0.15, 0.2) is 21.4 Å². The van der Waals surface area contributed by atoms with Crippen LogP contribution in [0, 0.1) is 6.92 Å². The maximum atomic E-state index is 12.6. The van der Waals surface area contributed by atoms with E-state index in [1.54, 1.807) is 6.07 Å². The third kappa shape index (κ3) is 2.95. The van der Waals surface area contributed by atoms with Gasteiger partial charge in [-0.25, -0.2) is 4.98 Å². The first-order valence-electron chi connectivity index (χ1n) is 5.62. The van der Waals surface area contributed by atoms with E-state index in [4.69, 9.17) is 4.74 Å². The van der Waals surface area contributed by atoms with Gasteiger partial charge in [0.05, 0.1) is 5.52 Å². The molecule has 0 saturated heterocycles. The quantitative estimate of drug-likeness (QED) is 0.903. The van der Waals surface area contributed by atoms with Gasteiger partial charge in [-0.3, -0.25) is 4.79 Å². The van der Waals surface area contributed by atoms with Crippen LogP contribution in [-0.2, 0) is 0 Å². The predicted molar refractivity (Wildman–Crippen MR) is 70.9 cm³/mol. The minimum absolute atomic E-state index is 0.0430. The molecular formula is C12H10BrF3N2O2. The molecule has 1 unspecified atom stereocenters. The summed E-state index contributed by atoms with van der Waals surface area (Å²) >= 11 is 3.16. The third-order valence-corrected chi connectivity index (χ3v) is 3.12. The summed E-state index contributed by atoms with van der Waals surface area (Å²) in [6, 6.07) is 2.93. The highest BCUT2D eigenvalue weighted by Gasteiger charge is 2.38. The van der Waals surface area contributed by atoms with Gasteiger partial charge in [0.15, 0.2) is 6.10 Å². The average Bonchev–Trinajstić information content (AvgIpc) is 2.30. The van der Waals surface area contributed by atoms with Gasteiger partial charge in [-0.2, -0.15) is 13.2 Å². The number of hydrogen-bond donors (Lipinski definition) is 1. The van der Waals surface area contributed by atoms with Crippen molar-refractivity contribution < 1.29 is 17.9 Å². The molecule has 1 aromatic heterocycles. The van der Waals surface area contributed by atoms with Crippen LogP contribution in [-0.4, -0.2) is 22.2 Å². The zero-order chi connectivity index (χ0) is 15.1. The van der Waals surface area contributed by atoms with E-state index >= 15 is 0 Å². The lowest BCUT2D eigenvalue weighted by Gasteiger charge is -2.18. The lowest BCUT2D eigenvalue weighted by atomic mass is 10.2. The number of nitrogens with one attached hydrogen (secondary N) is 1. The number of benzene rings is 1. The van der Waals surface area contributed by atoms with Crippen molar-refractivity contribution in [3.05, 3.63) is 32.7 Å². The van der Waals surface area contributed by atoms with Crippen LogP contribution >= 0.6 is 15.9 Å². The van der Waals surface area contributed by atoms with Crippen molar-refractivity contribution in [3.8, 4) is 5.75 Å². The summed E-state index contributed by atoms with van der Waals surface area (Å²) in [6.45, 7) is 2.38. The predicted octanol–water partition coefficient (Wildman–Crippen LogP) is 3.32. The molecule has 4 nitrogen and oxygen atoms in total. The SMILES string of the molecule is Cc1nc2c(OC(C)C(F)(F)F)cc(Br)cc2[nH]c1=O. The van der Waals surface area contributed by atoms with Gasteiger partial charge in [0.1, 0.15) is 17.0 Å². The van der Waals surface area contributed by atoms with Crippen molar-refractivity contribution in [1.82, 2.24) is 9.97 Å². The van der Waals surface area contributed by atoms with Gasteiger partial charge >= 0.3 is 6.18 Å². The van der Waals surface area contributed by atoms with Crippen LogP contribution in [0.5, 0.6) is 5.75 Å². The van der Waals surface area contributed by atoms with Gasteiger partial charge < -0.3 is 9.72 Å². The normalized spacial score (nSPS) is 13.5. The zero-order valence-corrected chi connectivity index (χ0v) is 12.1. The molecule has 1 atom stereocenters. The lowest BCUT2D eigenvalue weighted by Crippen LogP contribution is -2.31. The second-order valence-electron chi connectivity index (χ2n) is 4.25. The third-order valence-electron chi connectivity index (χ3n) is 2.66. The molecule has 0 spiro atoms. The number of nitrogens with zero attached hydrogens (tertiary/aromatic N) is 1. The molecular weight excluding hydrogens is 341 g/mol. The summed E-state index contributed by atoms with van der Waals surface area (Å²) in [6.07, 6.45) is -6.46. The van der Waals surface area contributed by atoms with Crippen LogP contribution in [0.4, 0.5) is 13.2 Å². The van der Waals surface area contributed by atoms with Gasteiger partial charge in [-0.1, -0.05) is 15.9 Å². The number of H-pyrrole nitrogens is 1. The number of fused-ring (bicyclic) bond motifs is 1. The minimum Gasteiger partial charge on any atom is -0.479 e. The number of rotatable bonds is 2. The van der Waals surface area contributed by atoms with Crippen LogP contribution in [0.25, 0.3) is 11.0 Å². The number of aryl methyl sites for hydroxylation is 1. The summed E-state index contributed by atoms with van der Waals surface area (Å²) in [5.74, 6) is -0.0430. The van der Waals surface area contributed by atoms with E-state index in [0.717, 1.165) is 6.92 Å². The van der Waals surface area contributed by atoms with E-state index < -0.39 is 17.8 Å². The summed E-state index contributed by atoms with van der Waals surface area (Å²) < 4.78 is 43.1. The molecule has 0 bridgehead atoms. The Hall–Kier alpha value is -1.57. The Kier molecular flexibility index (Phi) is 3.77. The summed E-state index contributed by atoms with van der Waals surface area (Å²) in [7, 11) is 0. The topological polar surface area (TPSA) is 55.0 Å². The summed E-state index contributed by atoms with van der Waals surface area (Å²) in [5.41, 5.74) is 0.246. The Balaban J connectivity index is 2.58. The van der Waals surface area contributed by atoms with Crippen LogP contribution in [0.1, 0.15) is 12.6 Å². The highest BCUT2D eigenvalue weighted by Crippen LogP contribution is 2.31. The van der Waals surface area contributed by atoms with Gasteiger partial charge in [-0.15, -0.1) is 0 Å². The molecule has 0 saturated carbocycles. The van der Waals surface area contributed by atoms with Gasteiger partial charge in [0, 0.05) is 4.47 Å². The van der Waals surface area contributed by atoms with E-state index in [1.807, 2.05) is 0 Å². The number of aromatic nitrogens is 2. The van der Waals surface area contributed by atoms with E-state index in [1.165, 1.54) is 13.0 Å². The molecule has 0 aliphatic rings. The standard InChI is InChI=1S/C12H10BrF3N2O2/c1-5-11(19)18-8-3-7(13)4-9(10(8)17-5)20-6(2)12(14,15)16/h3-4,6H,1-2H3,(H,18,19). The Morgan fingerprint density at radius 2 is 2.05 bits per heavy atom. The number of hydrogen-bond acceptors (Lipinski definition) is 3. The second-order valence-corrected chi connectivity index (χ2v) is 5.17. The average molecular weight is 351 g/mol. The van der Waals surface area contributed by atoms with Gasteiger partial charge in [0.2, 0.25) is 0 Å². The first kappa shape index (κ1) is 14.8. The number of ether oxygens (including phenoxy) is 1. The van der Waals surface area contributed by atoms with Crippen molar-refractivity contribution in [3.63, 3.8) is 0 Å². The molecule has 0 aliphatic carbocycles. The molecule has 0 radical (unpaired) electrons. The molecule has 0 amide bonds. The smallest absolute Gasteiger partial charge is 0.425 e. The molecule has 1 heterocycles. The molecule has 2 rings (SSSR count). The first-order valence-corrected chi connectivity index (χ1v) is 6.41. The fourth-order valence-electron chi connectivity index (χ4n) is 1.56. The van der Waals surface area contributed by atoms with E-state index in [-0.39, 0.29) is 17.0 Å². The van der Waals surface area contributed by atoms with Crippen LogP contribution in [0.2, 0.25) is 0 Å². The fourth-order valence-corrected chi connectivity index (χ4v) is 2.00. The zero-order valence-electron chi connectivity index (χ0n) is 10.5. The summed E-state index contributed by atoms with van der Waals surface area (Å²) in [5, 5.41) is 0.